The van der Waals surface area contributed by atoms with Gasteiger partial charge in [0, 0.05) is 6.54 Å². The highest BCUT2D eigenvalue weighted by Gasteiger charge is 2.13. The van der Waals surface area contributed by atoms with Crippen molar-refractivity contribution in [2.75, 3.05) is 0 Å². The molecule has 0 bridgehead atoms. The summed E-state index contributed by atoms with van der Waals surface area (Å²) in [5, 5.41) is 12.7. The van der Waals surface area contributed by atoms with E-state index in [1.54, 1.807) is 0 Å². The Hall–Kier alpha value is -2.81. The van der Waals surface area contributed by atoms with Gasteiger partial charge in [0.25, 0.3) is 0 Å². The van der Waals surface area contributed by atoms with E-state index in [4.69, 9.17) is 11.1 Å². The smallest absolute Gasteiger partial charge is 0.185 e. The Kier molecular flexibility index (Phi) is 4.49. The van der Waals surface area contributed by atoms with E-state index in [-0.39, 0.29) is 11.4 Å². The molecule has 0 spiro atoms. The van der Waals surface area contributed by atoms with Crippen LogP contribution in [-0.2, 0) is 12.0 Å². The van der Waals surface area contributed by atoms with Gasteiger partial charge in [0.15, 0.2) is 5.96 Å². The van der Waals surface area contributed by atoms with E-state index >= 15 is 0 Å². The Bertz CT molecular complexity index is 903. The van der Waals surface area contributed by atoms with E-state index in [9.17, 15) is 0 Å². The van der Waals surface area contributed by atoms with Crippen LogP contribution in [0, 0.1) is 5.41 Å². The van der Waals surface area contributed by atoms with E-state index < -0.39 is 0 Å². The number of hydrogen-bond acceptors (Lipinski definition) is 1. The maximum atomic E-state index is 7.37. The molecule has 3 rings (SSSR count). The second kappa shape index (κ2) is 6.60. The van der Waals surface area contributed by atoms with Crippen molar-refractivity contribution >= 4 is 16.7 Å². The number of guanidine groups is 1. The minimum Gasteiger partial charge on any atom is -0.370 e. The highest BCUT2D eigenvalue weighted by atomic mass is 15.0. The Morgan fingerprint density at radius 1 is 0.920 bits per heavy atom. The second-order valence-corrected chi connectivity index (χ2v) is 7.41. The zero-order chi connectivity index (χ0) is 18.0. The molecular formula is C22H25N3. The monoisotopic (exact) mass is 331 g/mol. The largest absolute Gasteiger partial charge is 0.370 e. The summed E-state index contributed by atoms with van der Waals surface area (Å²) < 4.78 is 0. The van der Waals surface area contributed by atoms with E-state index in [0.717, 1.165) is 5.56 Å². The van der Waals surface area contributed by atoms with Gasteiger partial charge in [0.2, 0.25) is 0 Å². The van der Waals surface area contributed by atoms with Gasteiger partial charge in [-0.25, -0.2) is 0 Å². The zero-order valence-electron chi connectivity index (χ0n) is 15.1. The predicted molar refractivity (Wildman–Crippen MR) is 107 cm³/mol. The lowest BCUT2D eigenvalue weighted by Crippen LogP contribution is -2.29. The number of hydrogen-bond donors (Lipinski definition) is 3. The number of nitrogens with two attached hydrogens (primary N) is 1. The SMILES string of the molecule is CC(C)(C)c1ccc(-c2cccc3c(CNC(=N)N)cccc23)cc1. The minimum atomic E-state index is -0.00840. The summed E-state index contributed by atoms with van der Waals surface area (Å²) in [6.45, 7) is 7.25. The molecule has 0 aliphatic rings. The Balaban J connectivity index is 2.05. The van der Waals surface area contributed by atoms with Crippen molar-refractivity contribution in [2.45, 2.75) is 32.7 Å². The van der Waals surface area contributed by atoms with Crippen molar-refractivity contribution in [1.29, 1.82) is 5.41 Å². The van der Waals surface area contributed by atoms with Crippen LogP contribution in [0.25, 0.3) is 21.9 Å². The third-order valence-electron chi connectivity index (χ3n) is 4.54. The van der Waals surface area contributed by atoms with Gasteiger partial charge in [0.05, 0.1) is 0 Å². The molecule has 3 aromatic rings. The van der Waals surface area contributed by atoms with Crippen LogP contribution in [0.15, 0.2) is 60.7 Å². The number of rotatable bonds is 3. The lowest BCUT2D eigenvalue weighted by Gasteiger charge is -2.19. The second-order valence-electron chi connectivity index (χ2n) is 7.41. The fourth-order valence-electron chi connectivity index (χ4n) is 3.12. The summed E-state index contributed by atoms with van der Waals surface area (Å²) in [7, 11) is 0. The number of fused-ring (bicyclic) bond motifs is 1. The van der Waals surface area contributed by atoms with E-state index in [0.29, 0.717) is 6.54 Å². The van der Waals surface area contributed by atoms with Gasteiger partial charge >= 0.3 is 0 Å². The third-order valence-corrected chi connectivity index (χ3v) is 4.54. The molecule has 3 heteroatoms. The molecular weight excluding hydrogens is 306 g/mol. The molecule has 0 radical (unpaired) electrons. The summed E-state index contributed by atoms with van der Waals surface area (Å²) in [5.41, 5.74) is 10.5. The molecule has 0 saturated heterocycles. The summed E-state index contributed by atoms with van der Waals surface area (Å²) in [5.74, 6) is -0.00840. The molecule has 0 aliphatic heterocycles. The summed E-state index contributed by atoms with van der Waals surface area (Å²) in [4.78, 5) is 0. The molecule has 128 valence electrons. The van der Waals surface area contributed by atoms with Gasteiger partial charge in [0.1, 0.15) is 0 Å². The van der Waals surface area contributed by atoms with Crippen molar-refractivity contribution in [3.63, 3.8) is 0 Å². The predicted octanol–water partition coefficient (Wildman–Crippen LogP) is 4.79. The summed E-state index contributed by atoms with van der Waals surface area (Å²) in [6.07, 6.45) is 0. The van der Waals surface area contributed by atoms with Gasteiger partial charge in [-0.15, -0.1) is 0 Å². The Morgan fingerprint density at radius 2 is 1.56 bits per heavy atom. The van der Waals surface area contributed by atoms with Crippen LogP contribution in [0.1, 0.15) is 31.9 Å². The maximum absolute atomic E-state index is 7.37. The first-order chi connectivity index (χ1) is 11.9. The highest BCUT2D eigenvalue weighted by molar-refractivity contribution is 5.98. The van der Waals surface area contributed by atoms with Crippen molar-refractivity contribution in [3.05, 3.63) is 71.8 Å². The molecule has 0 aromatic heterocycles. The molecule has 0 unspecified atom stereocenters. The number of benzene rings is 3. The van der Waals surface area contributed by atoms with E-state index in [1.807, 2.05) is 0 Å². The molecule has 4 N–H and O–H groups in total. The number of nitrogens with one attached hydrogen (secondary N) is 2. The first-order valence-corrected chi connectivity index (χ1v) is 8.56. The summed E-state index contributed by atoms with van der Waals surface area (Å²) in [6, 6.07) is 21.5. The molecule has 0 amide bonds. The van der Waals surface area contributed by atoms with Crippen LogP contribution in [0.5, 0.6) is 0 Å². The van der Waals surface area contributed by atoms with Crippen molar-refractivity contribution in [1.82, 2.24) is 5.32 Å². The highest BCUT2D eigenvalue weighted by Crippen LogP contribution is 2.32. The van der Waals surface area contributed by atoms with Crippen molar-refractivity contribution in [3.8, 4) is 11.1 Å². The van der Waals surface area contributed by atoms with Crippen LogP contribution in [0.2, 0.25) is 0 Å². The van der Waals surface area contributed by atoms with Gasteiger partial charge in [-0.05, 0) is 38.4 Å². The van der Waals surface area contributed by atoms with Crippen molar-refractivity contribution < 1.29 is 0 Å². The van der Waals surface area contributed by atoms with Crippen LogP contribution < -0.4 is 11.1 Å². The minimum absolute atomic E-state index is 0.00840. The molecule has 0 aliphatic carbocycles. The van der Waals surface area contributed by atoms with Crippen LogP contribution >= 0.6 is 0 Å². The summed E-state index contributed by atoms with van der Waals surface area (Å²) >= 11 is 0. The van der Waals surface area contributed by atoms with E-state index in [2.05, 4.69) is 86.8 Å². The van der Waals surface area contributed by atoms with Crippen LogP contribution in [-0.4, -0.2) is 5.96 Å². The molecule has 0 atom stereocenters. The standard InChI is InChI=1S/C22H25N3/c1-22(2,3)17-12-10-15(11-13-17)18-7-5-8-19-16(14-25-21(23)24)6-4-9-20(18)19/h4-13H,14H2,1-3H3,(H4,23,24,25). The van der Waals surface area contributed by atoms with Gasteiger partial charge in [-0.3, -0.25) is 5.41 Å². The molecule has 25 heavy (non-hydrogen) atoms. The topological polar surface area (TPSA) is 61.9 Å². The lowest BCUT2D eigenvalue weighted by molar-refractivity contribution is 0.590. The van der Waals surface area contributed by atoms with Gasteiger partial charge in [-0.1, -0.05) is 81.4 Å². The van der Waals surface area contributed by atoms with Crippen molar-refractivity contribution in [2.24, 2.45) is 5.73 Å². The van der Waals surface area contributed by atoms with Crippen LogP contribution in [0.3, 0.4) is 0 Å². The van der Waals surface area contributed by atoms with Gasteiger partial charge in [-0.2, -0.15) is 0 Å². The average Bonchev–Trinajstić information content (AvgIpc) is 2.58. The lowest BCUT2D eigenvalue weighted by atomic mass is 9.86. The van der Waals surface area contributed by atoms with E-state index in [1.165, 1.54) is 27.5 Å². The Morgan fingerprint density at radius 3 is 2.20 bits per heavy atom. The quantitative estimate of drug-likeness (QED) is 0.477. The molecule has 0 saturated carbocycles. The normalized spacial score (nSPS) is 11.5. The molecule has 0 fully saturated rings. The Labute approximate surface area is 149 Å². The first-order valence-electron chi connectivity index (χ1n) is 8.56. The maximum Gasteiger partial charge on any atom is 0.185 e. The van der Waals surface area contributed by atoms with Gasteiger partial charge < -0.3 is 11.1 Å². The third kappa shape index (κ3) is 3.66. The average molecular weight is 331 g/mol. The fourth-order valence-corrected chi connectivity index (χ4v) is 3.12. The molecule has 3 nitrogen and oxygen atoms in total. The molecule has 3 aromatic carbocycles. The van der Waals surface area contributed by atoms with Crippen LogP contribution in [0.4, 0.5) is 0 Å². The fraction of sp³-hybridized carbons (Fsp3) is 0.227. The first kappa shape index (κ1) is 17.0. The zero-order valence-corrected chi connectivity index (χ0v) is 15.1. The molecule has 0 heterocycles.